The molecule has 0 bridgehead atoms. The number of benzene rings is 1. The molecular formula is C13H19N3O2. The number of hydrogen-bond donors (Lipinski definition) is 2. The lowest BCUT2D eigenvalue weighted by Gasteiger charge is -2.31. The molecule has 1 saturated heterocycles. The molecule has 0 amide bonds. The summed E-state index contributed by atoms with van der Waals surface area (Å²) in [6.07, 6.45) is 2.23. The summed E-state index contributed by atoms with van der Waals surface area (Å²) in [6.45, 7) is 4.98. The minimum absolute atomic E-state index is 0.177. The summed E-state index contributed by atoms with van der Waals surface area (Å²) >= 11 is 0. The van der Waals surface area contributed by atoms with E-state index >= 15 is 0 Å². The van der Waals surface area contributed by atoms with Crippen LogP contribution in [0.4, 0.5) is 11.4 Å². The first-order chi connectivity index (χ1) is 8.59. The van der Waals surface area contributed by atoms with Gasteiger partial charge in [-0.1, -0.05) is 6.07 Å². The van der Waals surface area contributed by atoms with E-state index in [1.807, 2.05) is 6.07 Å². The van der Waals surface area contributed by atoms with E-state index in [0.29, 0.717) is 17.6 Å². The molecule has 1 aromatic carbocycles. The second-order valence-electron chi connectivity index (χ2n) is 4.84. The van der Waals surface area contributed by atoms with Gasteiger partial charge in [0.1, 0.15) is 0 Å². The summed E-state index contributed by atoms with van der Waals surface area (Å²) in [7, 11) is 0. The molecule has 0 saturated carbocycles. The Labute approximate surface area is 107 Å². The highest BCUT2D eigenvalue weighted by molar-refractivity contribution is 5.60. The van der Waals surface area contributed by atoms with Gasteiger partial charge in [0, 0.05) is 29.4 Å². The highest BCUT2D eigenvalue weighted by atomic mass is 16.6. The Morgan fingerprint density at radius 3 is 2.94 bits per heavy atom. The van der Waals surface area contributed by atoms with Crippen LogP contribution in [-0.2, 0) is 0 Å². The maximum atomic E-state index is 10.9. The molecule has 98 valence electrons. The van der Waals surface area contributed by atoms with Gasteiger partial charge in [-0.05, 0) is 39.3 Å². The molecule has 2 atom stereocenters. The molecule has 2 rings (SSSR count). The van der Waals surface area contributed by atoms with E-state index in [0.717, 1.165) is 25.1 Å². The molecule has 0 aromatic heterocycles. The van der Waals surface area contributed by atoms with Gasteiger partial charge in [0.15, 0.2) is 0 Å². The van der Waals surface area contributed by atoms with Crippen LogP contribution in [0.1, 0.15) is 25.3 Å². The smallest absolute Gasteiger partial charge is 0.274 e. The molecular weight excluding hydrogens is 230 g/mol. The molecule has 2 unspecified atom stereocenters. The van der Waals surface area contributed by atoms with E-state index in [9.17, 15) is 10.1 Å². The van der Waals surface area contributed by atoms with Crippen molar-refractivity contribution in [2.75, 3.05) is 11.9 Å². The van der Waals surface area contributed by atoms with Crippen LogP contribution in [0.5, 0.6) is 0 Å². The first-order valence-electron chi connectivity index (χ1n) is 6.33. The molecule has 5 nitrogen and oxygen atoms in total. The number of anilines is 1. The van der Waals surface area contributed by atoms with Gasteiger partial charge in [-0.2, -0.15) is 0 Å². The van der Waals surface area contributed by atoms with Gasteiger partial charge in [-0.15, -0.1) is 0 Å². The van der Waals surface area contributed by atoms with Crippen LogP contribution in [-0.4, -0.2) is 23.6 Å². The van der Waals surface area contributed by atoms with E-state index in [4.69, 9.17) is 0 Å². The molecule has 1 aliphatic rings. The Hall–Kier alpha value is -1.62. The van der Waals surface area contributed by atoms with Gasteiger partial charge in [-0.25, -0.2) is 0 Å². The Kier molecular flexibility index (Phi) is 3.81. The van der Waals surface area contributed by atoms with Crippen molar-refractivity contribution >= 4 is 11.4 Å². The maximum absolute atomic E-state index is 10.9. The molecule has 2 N–H and O–H groups in total. The first kappa shape index (κ1) is 12.8. The largest absolute Gasteiger partial charge is 0.380 e. The zero-order valence-electron chi connectivity index (χ0n) is 10.8. The minimum atomic E-state index is -0.330. The number of nitrogens with zero attached hydrogens (tertiary/aromatic N) is 1. The molecule has 1 heterocycles. The van der Waals surface area contributed by atoms with Crippen LogP contribution in [0.15, 0.2) is 18.2 Å². The topological polar surface area (TPSA) is 67.2 Å². The fourth-order valence-corrected chi connectivity index (χ4v) is 2.42. The van der Waals surface area contributed by atoms with Crippen molar-refractivity contribution in [3.63, 3.8) is 0 Å². The Balaban J connectivity index is 2.18. The van der Waals surface area contributed by atoms with Gasteiger partial charge in [-0.3, -0.25) is 10.1 Å². The molecule has 0 spiro atoms. The van der Waals surface area contributed by atoms with Gasteiger partial charge in [0.2, 0.25) is 0 Å². The minimum Gasteiger partial charge on any atom is -0.380 e. The predicted octanol–water partition coefficient (Wildman–Crippen LogP) is 2.46. The summed E-state index contributed by atoms with van der Waals surface area (Å²) in [5.41, 5.74) is 1.75. The van der Waals surface area contributed by atoms with Gasteiger partial charge in [0.25, 0.3) is 5.69 Å². The van der Waals surface area contributed by atoms with Crippen LogP contribution in [0, 0.1) is 17.0 Å². The SMILES string of the molecule is Cc1c(NC2CCCNC2C)cccc1[N+](=O)[O-]. The van der Waals surface area contributed by atoms with Crippen LogP contribution in [0.3, 0.4) is 0 Å². The monoisotopic (exact) mass is 249 g/mol. The molecule has 1 fully saturated rings. The standard InChI is InChI=1S/C13H19N3O2/c1-9-11(5-3-7-13(9)16(17)18)15-12-6-4-8-14-10(12)2/h3,5,7,10,12,14-15H,4,6,8H2,1-2H3. The van der Waals surface area contributed by atoms with E-state index in [1.165, 1.54) is 0 Å². The third-order valence-corrected chi connectivity index (χ3v) is 3.60. The van der Waals surface area contributed by atoms with E-state index in [1.54, 1.807) is 19.1 Å². The summed E-state index contributed by atoms with van der Waals surface area (Å²) in [6, 6.07) is 5.90. The molecule has 0 aliphatic carbocycles. The highest BCUT2D eigenvalue weighted by Crippen LogP contribution is 2.26. The maximum Gasteiger partial charge on any atom is 0.274 e. The van der Waals surface area contributed by atoms with Gasteiger partial charge >= 0.3 is 0 Å². The zero-order chi connectivity index (χ0) is 13.1. The molecule has 18 heavy (non-hydrogen) atoms. The fraction of sp³-hybridized carbons (Fsp3) is 0.538. The number of nitrogens with one attached hydrogen (secondary N) is 2. The fourth-order valence-electron chi connectivity index (χ4n) is 2.42. The lowest BCUT2D eigenvalue weighted by atomic mass is 9.99. The average Bonchev–Trinajstić information content (AvgIpc) is 2.34. The zero-order valence-corrected chi connectivity index (χ0v) is 10.8. The second kappa shape index (κ2) is 5.35. The molecule has 0 radical (unpaired) electrons. The Morgan fingerprint density at radius 2 is 2.28 bits per heavy atom. The molecule has 1 aromatic rings. The lowest BCUT2D eigenvalue weighted by molar-refractivity contribution is -0.385. The van der Waals surface area contributed by atoms with Crippen LogP contribution in [0.25, 0.3) is 0 Å². The lowest BCUT2D eigenvalue weighted by Crippen LogP contribution is -2.46. The normalized spacial score (nSPS) is 23.7. The van der Waals surface area contributed by atoms with E-state index < -0.39 is 0 Å². The van der Waals surface area contributed by atoms with Crippen LogP contribution in [0.2, 0.25) is 0 Å². The van der Waals surface area contributed by atoms with Crippen molar-refractivity contribution in [3.05, 3.63) is 33.9 Å². The number of nitro benzene ring substituents is 1. The number of piperidine rings is 1. The average molecular weight is 249 g/mol. The van der Waals surface area contributed by atoms with Crippen molar-refractivity contribution in [2.24, 2.45) is 0 Å². The molecule has 5 heteroatoms. The van der Waals surface area contributed by atoms with E-state index in [2.05, 4.69) is 17.6 Å². The highest BCUT2D eigenvalue weighted by Gasteiger charge is 2.22. The summed E-state index contributed by atoms with van der Waals surface area (Å²) < 4.78 is 0. The number of nitro groups is 1. The number of hydrogen-bond acceptors (Lipinski definition) is 4. The van der Waals surface area contributed by atoms with Gasteiger partial charge in [0.05, 0.1) is 4.92 Å². The van der Waals surface area contributed by atoms with Crippen molar-refractivity contribution < 1.29 is 4.92 Å². The third-order valence-electron chi connectivity index (χ3n) is 3.60. The Morgan fingerprint density at radius 1 is 1.50 bits per heavy atom. The van der Waals surface area contributed by atoms with Gasteiger partial charge < -0.3 is 10.6 Å². The van der Waals surface area contributed by atoms with Crippen LogP contribution < -0.4 is 10.6 Å². The summed E-state index contributed by atoms with van der Waals surface area (Å²) in [5, 5.41) is 17.7. The summed E-state index contributed by atoms with van der Waals surface area (Å²) in [4.78, 5) is 10.6. The van der Waals surface area contributed by atoms with Crippen molar-refractivity contribution in [1.82, 2.24) is 5.32 Å². The van der Waals surface area contributed by atoms with Crippen molar-refractivity contribution in [3.8, 4) is 0 Å². The van der Waals surface area contributed by atoms with E-state index in [-0.39, 0.29) is 10.6 Å². The second-order valence-corrected chi connectivity index (χ2v) is 4.84. The van der Waals surface area contributed by atoms with Crippen molar-refractivity contribution in [1.29, 1.82) is 0 Å². The van der Waals surface area contributed by atoms with Crippen LogP contribution >= 0.6 is 0 Å². The quantitative estimate of drug-likeness (QED) is 0.638. The summed E-state index contributed by atoms with van der Waals surface area (Å²) in [5.74, 6) is 0. The predicted molar refractivity (Wildman–Crippen MR) is 71.9 cm³/mol. The Bertz CT molecular complexity index is 448. The number of rotatable bonds is 3. The van der Waals surface area contributed by atoms with Crippen molar-refractivity contribution in [2.45, 2.75) is 38.8 Å². The third kappa shape index (κ3) is 2.61. The first-order valence-corrected chi connectivity index (χ1v) is 6.33. The molecule has 1 aliphatic heterocycles.